The van der Waals surface area contributed by atoms with Crippen LogP contribution in [0.25, 0.3) is 11.0 Å². The lowest BCUT2D eigenvalue weighted by Gasteiger charge is -2.40. The Morgan fingerprint density at radius 3 is 2.78 bits per heavy atom. The number of nitrogens with zero attached hydrogens (tertiary/aromatic N) is 3. The third-order valence-corrected chi connectivity index (χ3v) is 3.54. The molecule has 5 heteroatoms. The van der Waals surface area contributed by atoms with Crippen molar-refractivity contribution >= 4 is 23.0 Å². The molecule has 0 aliphatic carbocycles. The molecule has 0 bridgehead atoms. The summed E-state index contributed by atoms with van der Waals surface area (Å²) in [5, 5.41) is 3.28. The lowest BCUT2D eigenvalue weighted by molar-refractivity contribution is 0.164. The van der Waals surface area contributed by atoms with E-state index < -0.39 is 5.66 Å². The average molecular weight is 244 g/mol. The van der Waals surface area contributed by atoms with Crippen LogP contribution in [0.3, 0.4) is 0 Å². The number of aryl methyl sites for hydroxylation is 1. The van der Waals surface area contributed by atoms with Gasteiger partial charge in [-0.15, -0.1) is 0 Å². The molecule has 94 valence electrons. The second kappa shape index (κ2) is 3.25. The van der Waals surface area contributed by atoms with Crippen LogP contribution in [0, 0.1) is 6.92 Å². The molecule has 1 aliphatic heterocycles. The number of imidazole rings is 1. The Morgan fingerprint density at radius 2 is 2.06 bits per heavy atom. The minimum Gasteiger partial charge on any atom is -0.333 e. The first-order valence-corrected chi connectivity index (χ1v) is 5.95. The number of fused-ring (bicyclic) bond motifs is 3. The summed E-state index contributed by atoms with van der Waals surface area (Å²) in [6, 6.07) is 5.86. The average Bonchev–Trinajstić information content (AvgIpc) is 2.62. The van der Waals surface area contributed by atoms with Crippen molar-refractivity contribution in [3.8, 4) is 0 Å². The molecule has 0 saturated heterocycles. The molecule has 0 atom stereocenters. The maximum Gasteiger partial charge on any atom is 0.333 e. The fourth-order valence-electron chi connectivity index (χ4n) is 2.21. The second-order valence-corrected chi connectivity index (χ2v) is 5.29. The molecule has 0 fully saturated rings. The number of benzene rings is 1. The van der Waals surface area contributed by atoms with Crippen LogP contribution < -0.4 is 5.32 Å². The molecule has 2 aromatic rings. The predicted molar refractivity (Wildman–Crippen MR) is 70.7 cm³/mol. The number of anilines is 1. The van der Waals surface area contributed by atoms with E-state index in [0.29, 0.717) is 5.95 Å². The van der Waals surface area contributed by atoms with E-state index in [1.807, 2.05) is 39.0 Å². The largest absolute Gasteiger partial charge is 0.333 e. The number of hydrogen-bond donors (Lipinski definition) is 1. The summed E-state index contributed by atoms with van der Waals surface area (Å²) < 4.78 is 1.63. The quantitative estimate of drug-likeness (QED) is 0.774. The molecule has 0 spiro atoms. The maximum atomic E-state index is 12.4. The molecule has 18 heavy (non-hydrogen) atoms. The number of aromatic nitrogens is 2. The standard InChI is InChI=1S/C13H16N4O/c1-8-5-6-10-9(7-8)14-11-15-13(2,3)16(4)12(18)17(10)11/h5-7H,1-4H3,(H,14,15). The molecule has 0 radical (unpaired) electrons. The zero-order chi connectivity index (χ0) is 13.1. The molecule has 2 heterocycles. The van der Waals surface area contributed by atoms with Crippen LogP contribution in [0.2, 0.25) is 0 Å². The Hall–Kier alpha value is -2.04. The van der Waals surface area contributed by atoms with E-state index in [1.165, 1.54) is 0 Å². The minimum atomic E-state index is -0.427. The molecular formula is C13H16N4O. The fraction of sp³-hybridized carbons (Fsp3) is 0.385. The van der Waals surface area contributed by atoms with Gasteiger partial charge in [0.2, 0.25) is 5.95 Å². The molecule has 0 saturated carbocycles. The van der Waals surface area contributed by atoms with Crippen molar-refractivity contribution in [2.75, 3.05) is 12.4 Å². The summed E-state index contributed by atoms with van der Waals surface area (Å²) in [5.41, 5.74) is 2.40. The van der Waals surface area contributed by atoms with Crippen molar-refractivity contribution in [1.82, 2.24) is 14.5 Å². The Bertz CT molecular complexity index is 656. The summed E-state index contributed by atoms with van der Waals surface area (Å²) >= 11 is 0. The van der Waals surface area contributed by atoms with Crippen LogP contribution in [0.1, 0.15) is 19.4 Å². The van der Waals surface area contributed by atoms with Gasteiger partial charge in [-0.1, -0.05) is 6.07 Å². The lowest BCUT2D eigenvalue weighted by Crippen LogP contribution is -2.56. The van der Waals surface area contributed by atoms with Gasteiger partial charge in [0.05, 0.1) is 11.0 Å². The number of hydrogen-bond acceptors (Lipinski definition) is 3. The van der Waals surface area contributed by atoms with Crippen molar-refractivity contribution in [1.29, 1.82) is 0 Å². The first-order valence-electron chi connectivity index (χ1n) is 5.95. The van der Waals surface area contributed by atoms with Crippen LogP contribution in [0.4, 0.5) is 10.7 Å². The van der Waals surface area contributed by atoms with Crippen molar-refractivity contribution in [3.63, 3.8) is 0 Å². The van der Waals surface area contributed by atoms with Crippen molar-refractivity contribution in [2.24, 2.45) is 0 Å². The van der Waals surface area contributed by atoms with Crippen molar-refractivity contribution in [3.05, 3.63) is 23.8 Å². The SMILES string of the molecule is Cc1ccc2c(c1)nc1n2C(=O)N(C)C(C)(C)N1. The van der Waals surface area contributed by atoms with E-state index in [4.69, 9.17) is 0 Å². The van der Waals surface area contributed by atoms with Crippen LogP contribution in [0.5, 0.6) is 0 Å². The molecule has 3 rings (SSSR count). The van der Waals surface area contributed by atoms with Gasteiger partial charge in [0.25, 0.3) is 0 Å². The number of carbonyl (C=O) groups excluding carboxylic acids is 1. The van der Waals surface area contributed by atoms with Crippen LogP contribution in [-0.4, -0.2) is 33.2 Å². The third kappa shape index (κ3) is 1.33. The van der Waals surface area contributed by atoms with Gasteiger partial charge in [-0.05, 0) is 38.5 Å². The van der Waals surface area contributed by atoms with Gasteiger partial charge in [0, 0.05) is 7.05 Å². The minimum absolute atomic E-state index is 0.0555. The summed E-state index contributed by atoms with van der Waals surface area (Å²) in [7, 11) is 1.79. The number of rotatable bonds is 0. The summed E-state index contributed by atoms with van der Waals surface area (Å²) in [6.45, 7) is 5.93. The molecule has 1 aromatic carbocycles. The van der Waals surface area contributed by atoms with Crippen molar-refractivity contribution < 1.29 is 4.79 Å². The molecule has 0 unspecified atom stereocenters. The molecule has 1 aromatic heterocycles. The van der Waals surface area contributed by atoms with E-state index >= 15 is 0 Å². The fourth-order valence-corrected chi connectivity index (χ4v) is 2.21. The Morgan fingerprint density at radius 1 is 1.33 bits per heavy atom. The van der Waals surface area contributed by atoms with Crippen molar-refractivity contribution in [2.45, 2.75) is 26.4 Å². The van der Waals surface area contributed by atoms with Gasteiger partial charge in [-0.3, -0.25) is 0 Å². The van der Waals surface area contributed by atoms with E-state index in [-0.39, 0.29) is 6.03 Å². The Labute approximate surface area is 105 Å². The molecule has 1 aliphatic rings. The summed E-state index contributed by atoms with van der Waals surface area (Å²) in [6.07, 6.45) is 0. The highest BCUT2D eigenvalue weighted by molar-refractivity contribution is 5.94. The highest BCUT2D eigenvalue weighted by atomic mass is 16.2. The highest BCUT2D eigenvalue weighted by Crippen LogP contribution is 2.29. The first-order chi connectivity index (χ1) is 8.40. The lowest BCUT2D eigenvalue weighted by atomic mass is 10.2. The Kier molecular flexibility index (Phi) is 2.00. The zero-order valence-electron chi connectivity index (χ0n) is 11.0. The summed E-state index contributed by atoms with van der Waals surface area (Å²) in [4.78, 5) is 18.6. The number of carbonyl (C=O) groups is 1. The molecular weight excluding hydrogens is 228 g/mol. The molecule has 1 N–H and O–H groups in total. The normalized spacial score (nSPS) is 17.8. The topological polar surface area (TPSA) is 50.2 Å². The first kappa shape index (κ1) is 11.1. The third-order valence-electron chi connectivity index (χ3n) is 3.54. The van der Waals surface area contributed by atoms with E-state index in [9.17, 15) is 4.79 Å². The summed E-state index contributed by atoms with van der Waals surface area (Å²) in [5.74, 6) is 0.615. The van der Waals surface area contributed by atoms with Gasteiger partial charge in [0.15, 0.2) is 0 Å². The van der Waals surface area contributed by atoms with E-state index in [0.717, 1.165) is 16.6 Å². The highest BCUT2D eigenvalue weighted by Gasteiger charge is 2.36. The molecule has 5 nitrogen and oxygen atoms in total. The maximum absolute atomic E-state index is 12.4. The smallest absolute Gasteiger partial charge is 0.333 e. The molecule has 1 amide bonds. The number of nitrogens with one attached hydrogen (secondary N) is 1. The predicted octanol–water partition coefficient (Wildman–Crippen LogP) is 2.41. The second-order valence-electron chi connectivity index (χ2n) is 5.29. The monoisotopic (exact) mass is 244 g/mol. The van der Waals surface area contributed by atoms with Crippen LogP contribution >= 0.6 is 0 Å². The Balaban J connectivity index is 2.29. The van der Waals surface area contributed by atoms with E-state index in [2.05, 4.69) is 10.3 Å². The van der Waals surface area contributed by atoms with Gasteiger partial charge in [-0.25, -0.2) is 14.3 Å². The van der Waals surface area contributed by atoms with E-state index in [1.54, 1.807) is 16.5 Å². The van der Waals surface area contributed by atoms with Gasteiger partial charge in [0.1, 0.15) is 5.66 Å². The van der Waals surface area contributed by atoms with Gasteiger partial charge >= 0.3 is 6.03 Å². The van der Waals surface area contributed by atoms with Crippen LogP contribution in [-0.2, 0) is 0 Å². The van der Waals surface area contributed by atoms with Gasteiger partial charge < -0.3 is 10.2 Å². The van der Waals surface area contributed by atoms with Crippen LogP contribution in [0.15, 0.2) is 18.2 Å². The number of amides is 1. The van der Waals surface area contributed by atoms with Gasteiger partial charge in [-0.2, -0.15) is 0 Å². The zero-order valence-corrected chi connectivity index (χ0v) is 11.0.